The van der Waals surface area contributed by atoms with Crippen LogP contribution in [0.5, 0.6) is 5.75 Å². The molecule has 3 nitrogen and oxygen atoms in total. The molecule has 1 saturated carbocycles. The normalized spacial score (nSPS) is 22.6. The lowest BCUT2D eigenvalue weighted by Gasteiger charge is -2.38. The van der Waals surface area contributed by atoms with Crippen molar-refractivity contribution in [3.05, 3.63) is 29.3 Å². The van der Waals surface area contributed by atoms with E-state index in [9.17, 15) is 0 Å². The van der Waals surface area contributed by atoms with E-state index in [1.165, 1.54) is 49.9 Å². The SMILES string of the molecule is Cl.Cl.c1cc2c(cc1[C@H](C1CCCC1)N1CCNCC1)CCO2. The first-order valence-corrected chi connectivity index (χ1v) is 8.62. The minimum atomic E-state index is 0. The predicted molar refractivity (Wildman–Crippen MR) is 99.3 cm³/mol. The molecule has 0 aromatic heterocycles. The van der Waals surface area contributed by atoms with Gasteiger partial charge in [0.25, 0.3) is 0 Å². The molecule has 1 aromatic rings. The van der Waals surface area contributed by atoms with Crippen molar-refractivity contribution in [2.24, 2.45) is 5.92 Å². The molecule has 3 aliphatic rings. The molecule has 0 radical (unpaired) electrons. The topological polar surface area (TPSA) is 24.5 Å². The van der Waals surface area contributed by atoms with Crippen LogP contribution in [0.2, 0.25) is 0 Å². The third-order valence-corrected chi connectivity index (χ3v) is 5.45. The van der Waals surface area contributed by atoms with Gasteiger partial charge in [-0.15, -0.1) is 24.8 Å². The largest absolute Gasteiger partial charge is 0.493 e. The van der Waals surface area contributed by atoms with Gasteiger partial charge in [0.05, 0.1) is 6.61 Å². The van der Waals surface area contributed by atoms with Gasteiger partial charge in [-0.25, -0.2) is 0 Å². The van der Waals surface area contributed by atoms with E-state index in [0.29, 0.717) is 6.04 Å². The fraction of sp³-hybridized carbons (Fsp3) is 0.667. The highest BCUT2D eigenvalue weighted by Gasteiger charge is 2.32. The molecule has 4 rings (SSSR count). The van der Waals surface area contributed by atoms with E-state index >= 15 is 0 Å². The average Bonchev–Trinajstić information content (AvgIpc) is 3.19. The van der Waals surface area contributed by atoms with Crippen LogP contribution in [0.3, 0.4) is 0 Å². The van der Waals surface area contributed by atoms with Gasteiger partial charge in [0, 0.05) is 38.6 Å². The first-order chi connectivity index (χ1) is 10.4. The van der Waals surface area contributed by atoms with E-state index in [1.807, 2.05) is 0 Å². The number of benzene rings is 1. The quantitative estimate of drug-likeness (QED) is 0.893. The summed E-state index contributed by atoms with van der Waals surface area (Å²) in [6.07, 6.45) is 6.73. The molecule has 23 heavy (non-hydrogen) atoms. The Labute approximate surface area is 152 Å². The van der Waals surface area contributed by atoms with Gasteiger partial charge in [-0.3, -0.25) is 4.90 Å². The van der Waals surface area contributed by atoms with Crippen molar-refractivity contribution in [2.45, 2.75) is 38.1 Å². The fourth-order valence-corrected chi connectivity index (χ4v) is 4.41. The van der Waals surface area contributed by atoms with Crippen molar-refractivity contribution < 1.29 is 4.74 Å². The van der Waals surface area contributed by atoms with Gasteiger partial charge in [-0.1, -0.05) is 25.0 Å². The number of nitrogens with one attached hydrogen (secondary N) is 1. The lowest BCUT2D eigenvalue weighted by Crippen LogP contribution is -2.46. The van der Waals surface area contributed by atoms with Crippen LogP contribution in [0.15, 0.2) is 18.2 Å². The number of rotatable bonds is 3. The Bertz CT molecular complexity index is 500. The molecule has 0 unspecified atom stereocenters. The van der Waals surface area contributed by atoms with E-state index in [2.05, 4.69) is 28.4 Å². The zero-order valence-corrected chi connectivity index (χ0v) is 15.3. The molecule has 0 amide bonds. The summed E-state index contributed by atoms with van der Waals surface area (Å²) in [5, 5.41) is 3.49. The van der Waals surface area contributed by atoms with E-state index in [0.717, 1.165) is 37.8 Å². The molecule has 2 aliphatic heterocycles. The predicted octanol–water partition coefficient (Wildman–Crippen LogP) is 3.60. The number of fused-ring (bicyclic) bond motifs is 1. The smallest absolute Gasteiger partial charge is 0.122 e. The standard InChI is InChI=1S/C18H26N2O.2ClH/c1-2-4-14(3-1)18(20-10-8-19-9-11-20)16-5-6-17-15(13-16)7-12-21-17;;/h5-6,13-14,18-19H,1-4,7-12H2;2*1H/t18-;;/m0../s1. The average molecular weight is 359 g/mol. The van der Waals surface area contributed by atoms with Gasteiger partial charge in [-0.05, 0) is 36.0 Å². The molecule has 0 spiro atoms. The van der Waals surface area contributed by atoms with Crippen LogP contribution < -0.4 is 10.1 Å². The molecular weight excluding hydrogens is 331 g/mol. The van der Waals surface area contributed by atoms with Crippen molar-refractivity contribution in [3.63, 3.8) is 0 Å². The molecule has 2 fully saturated rings. The van der Waals surface area contributed by atoms with Crippen LogP contribution >= 0.6 is 24.8 Å². The van der Waals surface area contributed by atoms with Gasteiger partial charge < -0.3 is 10.1 Å². The summed E-state index contributed by atoms with van der Waals surface area (Å²) in [4.78, 5) is 2.73. The number of hydrogen-bond acceptors (Lipinski definition) is 3. The second-order valence-corrected chi connectivity index (χ2v) is 6.74. The second kappa shape index (κ2) is 8.57. The maximum absolute atomic E-state index is 5.68. The zero-order valence-electron chi connectivity index (χ0n) is 13.6. The van der Waals surface area contributed by atoms with E-state index < -0.39 is 0 Å². The Morgan fingerprint density at radius 3 is 2.57 bits per heavy atom. The van der Waals surface area contributed by atoms with Crippen molar-refractivity contribution in [3.8, 4) is 5.75 Å². The Balaban J connectivity index is 0.000000960. The summed E-state index contributed by atoms with van der Waals surface area (Å²) in [7, 11) is 0. The molecule has 0 bridgehead atoms. The summed E-state index contributed by atoms with van der Waals surface area (Å²) in [6, 6.07) is 7.60. The van der Waals surface area contributed by atoms with E-state index in [-0.39, 0.29) is 24.8 Å². The summed E-state index contributed by atoms with van der Waals surface area (Å²) in [5.41, 5.74) is 2.96. The van der Waals surface area contributed by atoms with Gasteiger partial charge in [-0.2, -0.15) is 0 Å². The van der Waals surface area contributed by atoms with Crippen molar-refractivity contribution in [1.82, 2.24) is 10.2 Å². The molecule has 1 aliphatic carbocycles. The lowest BCUT2D eigenvalue weighted by atomic mass is 9.88. The highest BCUT2D eigenvalue weighted by molar-refractivity contribution is 5.85. The van der Waals surface area contributed by atoms with Crippen LogP contribution in [-0.2, 0) is 6.42 Å². The van der Waals surface area contributed by atoms with Gasteiger partial charge >= 0.3 is 0 Å². The first-order valence-electron chi connectivity index (χ1n) is 8.62. The molecule has 1 saturated heterocycles. The summed E-state index contributed by atoms with van der Waals surface area (Å²) in [6.45, 7) is 5.51. The Hall–Kier alpha value is -0.480. The van der Waals surface area contributed by atoms with Crippen LogP contribution in [0, 0.1) is 5.92 Å². The van der Waals surface area contributed by atoms with E-state index in [4.69, 9.17) is 4.74 Å². The maximum atomic E-state index is 5.68. The Kier molecular flexibility index (Phi) is 7.02. The fourth-order valence-electron chi connectivity index (χ4n) is 4.41. The van der Waals surface area contributed by atoms with Gasteiger partial charge in [0.15, 0.2) is 0 Å². The van der Waals surface area contributed by atoms with Crippen LogP contribution in [0.1, 0.15) is 42.9 Å². The van der Waals surface area contributed by atoms with Crippen molar-refractivity contribution in [2.75, 3.05) is 32.8 Å². The number of halogens is 2. The molecule has 2 heterocycles. The molecule has 130 valence electrons. The lowest BCUT2D eigenvalue weighted by molar-refractivity contribution is 0.125. The number of piperazine rings is 1. The van der Waals surface area contributed by atoms with Gasteiger partial charge in [0.2, 0.25) is 0 Å². The van der Waals surface area contributed by atoms with Crippen molar-refractivity contribution >= 4 is 24.8 Å². The molecule has 5 heteroatoms. The van der Waals surface area contributed by atoms with E-state index in [1.54, 1.807) is 0 Å². The highest BCUT2D eigenvalue weighted by atomic mass is 35.5. The molecule has 1 N–H and O–H groups in total. The van der Waals surface area contributed by atoms with Crippen LogP contribution in [0.25, 0.3) is 0 Å². The van der Waals surface area contributed by atoms with Crippen molar-refractivity contribution in [1.29, 1.82) is 0 Å². The number of hydrogen-bond donors (Lipinski definition) is 1. The number of ether oxygens (including phenoxy) is 1. The molecular formula is C18H28Cl2N2O. The number of nitrogens with zero attached hydrogens (tertiary/aromatic N) is 1. The van der Waals surface area contributed by atoms with Gasteiger partial charge in [0.1, 0.15) is 5.75 Å². The summed E-state index contributed by atoms with van der Waals surface area (Å²) in [5.74, 6) is 1.97. The third kappa shape index (κ3) is 3.96. The monoisotopic (exact) mass is 358 g/mol. The maximum Gasteiger partial charge on any atom is 0.122 e. The highest BCUT2D eigenvalue weighted by Crippen LogP contribution is 2.41. The minimum absolute atomic E-state index is 0. The molecule has 1 atom stereocenters. The second-order valence-electron chi connectivity index (χ2n) is 6.74. The summed E-state index contributed by atoms with van der Waals surface area (Å²) < 4.78 is 5.68. The van der Waals surface area contributed by atoms with Crippen LogP contribution in [0.4, 0.5) is 0 Å². The first kappa shape index (κ1) is 18.9. The Morgan fingerprint density at radius 1 is 1.09 bits per heavy atom. The zero-order chi connectivity index (χ0) is 14.1. The molecule has 1 aromatic carbocycles. The minimum Gasteiger partial charge on any atom is -0.493 e. The Morgan fingerprint density at radius 2 is 1.83 bits per heavy atom. The van der Waals surface area contributed by atoms with Crippen LogP contribution in [-0.4, -0.2) is 37.7 Å². The summed E-state index contributed by atoms with van der Waals surface area (Å²) >= 11 is 0. The third-order valence-electron chi connectivity index (χ3n) is 5.45.